The lowest BCUT2D eigenvalue weighted by Gasteiger charge is -2.26. The lowest BCUT2D eigenvalue weighted by Crippen LogP contribution is -2.36. The van der Waals surface area contributed by atoms with Gasteiger partial charge >= 0.3 is 0 Å². The van der Waals surface area contributed by atoms with Gasteiger partial charge in [-0.25, -0.2) is 15.0 Å². The second kappa shape index (κ2) is 10.6. The molecule has 1 aliphatic rings. The summed E-state index contributed by atoms with van der Waals surface area (Å²) < 4.78 is 5.45. The highest BCUT2D eigenvalue weighted by molar-refractivity contribution is 8.00. The minimum absolute atomic E-state index is 0.101. The first-order valence-electron chi connectivity index (χ1n) is 11.2. The van der Waals surface area contributed by atoms with Crippen molar-refractivity contribution in [2.45, 2.75) is 23.7 Å². The van der Waals surface area contributed by atoms with Crippen LogP contribution in [0.1, 0.15) is 12.7 Å². The Morgan fingerprint density at radius 2 is 1.85 bits per heavy atom. The van der Waals surface area contributed by atoms with Crippen molar-refractivity contribution in [3.63, 3.8) is 0 Å². The third-order valence-electron chi connectivity index (χ3n) is 5.54. The van der Waals surface area contributed by atoms with Gasteiger partial charge in [0.2, 0.25) is 5.91 Å². The van der Waals surface area contributed by atoms with Crippen LogP contribution in [0.15, 0.2) is 65.0 Å². The molecule has 0 radical (unpaired) electrons. The molecule has 0 bridgehead atoms. The Balaban J connectivity index is 1.30. The van der Waals surface area contributed by atoms with E-state index in [9.17, 15) is 4.79 Å². The molecule has 1 N–H and O–H groups in total. The molecular weight excluding hydrogens is 466 g/mol. The van der Waals surface area contributed by atoms with E-state index in [1.54, 1.807) is 0 Å². The molecule has 1 amide bonds. The van der Waals surface area contributed by atoms with Gasteiger partial charge in [0.25, 0.3) is 0 Å². The van der Waals surface area contributed by atoms with Crippen molar-refractivity contribution < 1.29 is 9.53 Å². The van der Waals surface area contributed by atoms with Crippen molar-refractivity contribution in [3.05, 3.63) is 65.8 Å². The first-order valence-corrected chi connectivity index (χ1v) is 13.0. The van der Waals surface area contributed by atoms with Gasteiger partial charge in [0, 0.05) is 29.4 Å². The highest BCUT2D eigenvalue weighted by Gasteiger charge is 2.20. The molecular formula is C25H25N5O2S2. The number of para-hydroxylation sites is 1. The smallest absolute Gasteiger partial charge is 0.239 e. The number of thioether (sulfide) groups is 1. The van der Waals surface area contributed by atoms with E-state index in [1.165, 1.54) is 23.1 Å². The Hall–Kier alpha value is -2.85. The monoisotopic (exact) mass is 491 g/mol. The molecule has 2 aromatic heterocycles. The summed E-state index contributed by atoms with van der Waals surface area (Å²) >= 11 is 2.88. The number of amides is 1. The summed E-state index contributed by atoms with van der Waals surface area (Å²) in [6, 6.07) is 17.9. The highest BCUT2D eigenvalue weighted by atomic mass is 32.2. The predicted octanol–water partition coefficient (Wildman–Crippen LogP) is 4.70. The van der Waals surface area contributed by atoms with Gasteiger partial charge in [0.05, 0.1) is 36.2 Å². The first kappa shape index (κ1) is 22.9. The van der Waals surface area contributed by atoms with Crippen molar-refractivity contribution in [1.29, 1.82) is 0 Å². The maximum atomic E-state index is 13.0. The quantitative estimate of drug-likeness (QED) is 0.296. The summed E-state index contributed by atoms with van der Waals surface area (Å²) in [7, 11) is 0. The van der Waals surface area contributed by atoms with Gasteiger partial charge in [-0.2, -0.15) is 0 Å². The van der Waals surface area contributed by atoms with Crippen molar-refractivity contribution in [1.82, 2.24) is 19.9 Å². The van der Waals surface area contributed by atoms with E-state index in [-0.39, 0.29) is 11.2 Å². The van der Waals surface area contributed by atoms with Gasteiger partial charge in [0.15, 0.2) is 5.13 Å². The van der Waals surface area contributed by atoms with Crippen LogP contribution in [0.4, 0.5) is 5.13 Å². The van der Waals surface area contributed by atoms with Crippen LogP contribution in [0.3, 0.4) is 0 Å². The third kappa shape index (κ3) is 5.44. The fraction of sp³-hybridized carbons (Fsp3) is 0.280. The normalized spacial score (nSPS) is 15.3. The molecule has 2 aromatic carbocycles. The Bertz CT molecular complexity index is 1270. The zero-order valence-electron chi connectivity index (χ0n) is 18.8. The minimum Gasteiger partial charge on any atom is -0.379 e. The number of hydrogen-bond acceptors (Lipinski definition) is 8. The molecule has 5 rings (SSSR count). The number of morpholine rings is 1. The summed E-state index contributed by atoms with van der Waals surface area (Å²) in [6.45, 7) is 5.77. The molecule has 34 heavy (non-hydrogen) atoms. The van der Waals surface area contributed by atoms with Crippen molar-refractivity contribution in [3.8, 4) is 11.3 Å². The first-order chi connectivity index (χ1) is 16.7. The summed E-state index contributed by atoms with van der Waals surface area (Å²) in [5, 5.41) is 6.94. The van der Waals surface area contributed by atoms with Crippen molar-refractivity contribution in [2.75, 3.05) is 31.6 Å². The summed E-state index contributed by atoms with van der Waals surface area (Å²) in [5.41, 5.74) is 2.78. The lowest BCUT2D eigenvalue weighted by molar-refractivity contribution is -0.115. The zero-order chi connectivity index (χ0) is 23.3. The van der Waals surface area contributed by atoms with Crippen LogP contribution in [0.5, 0.6) is 0 Å². The van der Waals surface area contributed by atoms with Gasteiger partial charge in [-0.3, -0.25) is 9.69 Å². The lowest BCUT2D eigenvalue weighted by atomic mass is 10.2. The van der Waals surface area contributed by atoms with E-state index in [2.05, 4.69) is 15.2 Å². The maximum absolute atomic E-state index is 13.0. The number of fused-ring (bicyclic) bond motifs is 1. The van der Waals surface area contributed by atoms with Gasteiger partial charge in [-0.05, 0) is 13.0 Å². The van der Waals surface area contributed by atoms with E-state index in [4.69, 9.17) is 14.7 Å². The van der Waals surface area contributed by atoms with Crippen LogP contribution < -0.4 is 5.32 Å². The number of anilines is 1. The highest BCUT2D eigenvalue weighted by Crippen LogP contribution is 2.30. The number of nitrogens with one attached hydrogen (secondary N) is 1. The van der Waals surface area contributed by atoms with E-state index in [1.807, 2.05) is 66.9 Å². The number of aromatic nitrogens is 3. The molecule has 1 aliphatic heterocycles. The molecule has 4 aromatic rings. The average Bonchev–Trinajstić information content (AvgIpc) is 3.34. The van der Waals surface area contributed by atoms with Gasteiger partial charge in [0.1, 0.15) is 10.9 Å². The molecule has 1 saturated heterocycles. The van der Waals surface area contributed by atoms with Crippen molar-refractivity contribution in [2.24, 2.45) is 0 Å². The Morgan fingerprint density at radius 1 is 1.09 bits per heavy atom. The molecule has 174 valence electrons. The number of benzene rings is 2. The largest absolute Gasteiger partial charge is 0.379 e. The van der Waals surface area contributed by atoms with Gasteiger partial charge in [-0.15, -0.1) is 11.3 Å². The Labute approximate surface area is 206 Å². The number of thiazole rings is 1. The van der Waals surface area contributed by atoms with E-state index < -0.39 is 0 Å². The van der Waals surface area contributed by atoms with Crippen LogP contribution in [-0.4, -0.2) is 57.3 Å². The number of ether oxygens (including phenoxy) is 1. The van der Waals surface area contributed by atoms with Crippen LogP contribution in [-0.2, 0) is 16.1 Å². The Morgan fingerprint density at radius 3 is 2.68 bits per heavy atom. The van der Waals surface area contributed by atoms with E-state index in [0.29, 0.717) is 11.7 Å². The van der Waals surface area contributed by atoms with E-state index in [0.717, 1.165) is 59.3 Å². The average molecular weight is 492 g/mol. The number of carbonyl (C=O) groups is 1. The summed E-state index contributed by atoms with van der Waals surface area (Å²) in [4.78, 5) is 29.5. The molecule has 7 nitrogen and oxygen atoms in total. The predicted molar refractivity (Wildman–Crippen MR) is 137 cm³/mol. The number of hydrogen-bond donors (Lipinski definition) is 1. The fourth-order valence-corrected chi connectivity index (χ4v) is 5.40. The second-order valence-electron chi connectivity index (χ2n) is 8.00. The molecule has 9 heteroatoms. The molecule has 0 aliphatic carbocycles. The molecule has 0 saturated carbocycles. The molecule has 1 fully saturated rings. The second-order valence-corrected chi connectivity index (χ2v) is 10.2. The molecule has 0 unspecified atom stereocenters. The topological polar surface area (TPSA) is 80.2 Å². The third-order valence-corrected chi connectivity index (χ3v) is 7.40. The SMILES string of the molecule is C[C@H](Sc1nc(CN2CCOCC2)nc2ccccc12)C(=O)Nc1nc(-c2ccccc2)cs1. The van der Waals surface area contributed by atoms with Gasteiger partial charge in [-0.1, -0.05) is 60.3 Å². The maximum Gasteiger partial charge on any atom is 0.239 e. The molecule has 3 heterocycles. The van der Waals surface area contributed by atoms with Crippen LogP contribution in [0, 0.1) is 0 Å². The zero-order valence-corrected chi connectivity index (χ0v) is 20.4. The Kier molecular flexibility index (Phi) is 7.15. The standard InChI is InChI=1S/C25H25N5O2S2/c1-17(23(31)29-25-27-21(16-33-25)18-7-3-2-4-8-18)34-24-19-9-5-6-10-20(19)26-22(28-24)15-30-11-13-32-14-12-30/h2-10,16-17H,11-15H2,1H3,(H,27,29,31)/t17-/m0/s1. The summed E-state index contributed by atoms with van der Waals surface area (Å²) in [5.74, 6) is 0.666. The fourth-order valence-electron chi connectivity index (χ4n) is 3.71. The number of rotatable bonds is 7. The van der Waals surface area contributed by atoms with Crippen LogP contribution in [0.25, 0.3) is 22.2 Å². The van der Waals surface area contributed by atoms with Crippen molar-refractivity contribution >= 4 is 45.0 Å². The summed E-state index contributed by atoms with van der Waals surface area (Å²) in [6.07, 6.45) is 0. The van der Waals surface area contributed by atoms with Gasteiger partial charge < -0.3 is 10.1 Å². The molecule has 0 spiro atoms. The number of carbonyl (C=O) groups excluding carboxylic acids is 1. The minimum atomic E-state index is -0.349. The molecule has 1 atom stereocenters. The van der Waals surface area contributed by atoms with Crippen LogP contribution in [0.2, 0.25) is 0 Å². The van der Waals surface area contributed by atoms with E-state index >= 15 is 0 Å². The number of nitrogens with zero attached hydrogens (tertiary/aromatic N) is 4. The van der Waals surface area contributed by atoms with Crippen LogP contribution >= 0.6 is 23.1 Å².